The molecule has 0 amide bonds. The van der Waals surface area contributed by atoms with E-state index in [1.807, 2.05) is 12.4 Å². The van der Waals surface area contributed by atoms with Crippen LogP contribution in [0, 0.1) is 5.92 Å². The molecule has 0 aliphatic heterocycles. The maximum atomic E-state index is 4.06. The maximum Gasteiger partial charge on any atom is 0.0270 e. The van der Waals surface area contributed by atoms with Crippen molar-refractivity contribution >= 4 is 0 Å². The molecule has 0 aromatic carbocycles. The number of nitrogens with zero attached hydrogens (tertiary/aromatic N) is 1. The number of unbranched alkanes of at least 4 members (excludes halogenated alkanes) is 1. The molecule has 0 bridgehead atoms. The minimum atomic E-state index is 0.873. The van der Waals surface area contributed by atoms with Gasteiger partial charge in [-0.25, -0.2) is 0 Å². The second-order valence-corrected chi connectivity index (χ2v) is 4.36. The lowest BCUT2D eigenvalue weighted by Gasteiger charge is -2.15. The van der Waals surface area contributed by atoms with Gasteiger partial charge in [0.05, 0.1) is 0 Å². The Kier molecular flexibility index (Phi) is 6.06. The molecular weight excluding hydrogens is 182 g/mol. The van der Waals surface area contributed by atoms with E-state index in [1.165, 1.54) is 44.1 Å². The molecule has 1 heterocycles. The highest BCUT2D eigenvalue weighted by Crippen LogP contribution is 2.19. The zero-order chi connectivity index (χ0) is 10.9. The molecule has 1 heteroatoms. The van der Waals surface area contributed by atoms with Crippen molar-refractivity contribution < 1.29 is 0 Å². The van der Waals surface area contributed by atoms with Crippen LogP contribution in [-0.4, -0.2) is 4.98 Å². The fourth-order valence-electron chi connectivity index (χ4n) is 2.10. The summed E-state index contributed by atoms with van der Waals surface area (Å²) in [6, 6.07) is 4.29. The Labute approximate surface area is 93.9 Å². The molecule has 84 valence electrons. The first-order valence-electron chi connectivity index (χ1n) is 6.25. The van der Waals surface area contributed by atoms with Crippen molar-refractivity contribution in [2.24, 2.45) is 5.92 Å². The molecule has 0 fully saturated rings. The number of hydrogen-bond acceptors (Lipinski definition) is 1. The van der Waals surface area contributed by atoms with Crippen molar-refractivity contribution in [1.82, 2.24) is 4.98 Å². The predicted octanol–water partition coefficient (Wildman–Crippen LogP) is 4.23. The molecular formula is C14H23N. The van der Waals surface area contributed by atoms with Gasteiger partial charge in [0.2, 0.25) is 0 Å². The van der Waals surface area contributed by atoms with E-state index in [-0.39, 0.29) is 0 Å². The number of aromatic nitrogens is 1. The van der Waals surface area contributed by atoms with Crippen molar-refractivity contribution in [3.63, 3.8) is 0 Å². The highest BCUT2D eigenvalue weighted by molar-refractivity contribution is 5.10. The minimum absolute atomic E-state index is 0.873. The number of hydrogen-bond donors (Lipinski definition) is 0. The van der Waals surface area contributed by atoms with Crippen molar-refractivity contribution in [1.29, 1.82) is 0 Å². The molecule has 1 rings (SSSR count). The summed E-state index contributed by atoms with van der Waals surface area (Å²) in [7, 11) is 0. The summed E-state index contributed by atoms with van der Waals surface area (Å²) < 4.78 is 0. The molecule has 1 aromatic rings. The van der Waals surface area contributed by atoms with Crippen LogP contribution in [0.15, 0.2) is 24.5 Å². The molecule has 15 heavy (non-hydrogen) atoms. The third kappa shape index (κ3) is 4.96. The monoisotopic (exact) mass is 205 g/mol. The molecule has 0 aliphatic carbocycles. The van der Waals surface area contributed by atoms with E-state index in [0.717, 1.165) is 5.92 Å². The first-order chi connectivity index (χ1) is 7.36. The van der Waals surface area contributed by atoms with Gasteiger partial charge in [0, 0.05) is 12.4 Å². The summed E-state index contributed by atoms with van der Waals surface area (Å²) in [4.78, 5) is 4.06. The van der Waals surface area contributed by atoms with Gasteiger partial charge in [-0.3, -0.25) is 4.98 Å². The first-order valence-corrected chi connectivity index (χ1v) is 6.25. The Bertz CT molecular complexity index is 243. The summed E-state index contributed by atoms with van der Waals surface area (Å²) >= 11 is 0. The Morgan fingerprint density at radius 1 is 1.07 bits per heavy atom. The molecule has 0 saturated heterocycles. The quantitative estimate of drug-likeness (QED) is 0.649. The highest BCUT2D eigenvalue weighted by atomic mass is 14.6. The van der Waals surface area contributed by atoms with Crippen LogP contribution in [0.4, 0.5) is 0 Å². The lowest BCUT2D eigenvalue weighted by molar-refractivity contribution is 0.427. The molecule has 1 unspecified atom stereocenters. The zero-order valence-electron chi connectivity index (χ0n) is 10.1. The van der Waals surface area contributed by atoms with Gasteiger partial charge in [0.1, 0.15) is 0 Å². The summed E-state index contributed by atoms with van der Waals surface area (Å²) in [5.41, 5.74) is 1.44. The van der Waals surface area contributed by atoms with E-state index in [2.05, 4.69) is 31.0 Å². The molecule has 0 N–H and O–H groups in total. The molecule has 0 saturated carbocycles. The summed E-state index contributed by atoms with van der Waals surface area (Å²) in [5, 5.41) is 0. The minimum Gasteiger partial charge on any atom is -0.265 e. The lowest BCUT2D eigenvalue weighted by Crippen LogP contribution is -2.04. The van der Waals surface area contributed by atoms with Gasteiger partial charge >= 0.3 is 0 Å². The standard InChI is InChI=1S/C14H23N/c1-3-5-7-13(6-4-2)12-14-8-10-15-11-9-14/h8-11,13H,3-7,12H2,1-2H3. The Balaban J connectivity index is 2.43. The molecule has 1 aromatic heterocycles. The van der Waals surface area contributed by atoms with Gasteiger partial charge in [-0.2, -0.15) is 0 Å². The van der Waals surface area contributed by atoms with Crippen LogP contribution in [0.1, 0.15) is 51.5 Å². The number of rotatable bonds is 7. The largest absolute Gasteiger partial charge is 0.265 e. The van der Waals surface area contributed by atoms with Crippen LogP contribution < -0.4 is 0 Å². The lowest BCUT2D eigenvalue weighted by atomic mass is 9.91. The molecule has 1 nitrogen and oxygen atoms in total. The number of pyridine rings is 1. The third-order valence-corrected chi connectivity index (χ3v) is 2.94. The van der Waals surface area contributed by atoms with Crippen LogP contribution in [0.25, 0.3) is 0 Å². The second-order valence-electron chi connectivity index (χ2n) is 4.36. The van der Waals surface area contributed by atoms with Gasteiger partial charge in [0.25, 0.3) is 0 Å². The fraction of sp³-hybridized carbons (Fsp3) is 0.643. The van der Waals surface area contributed by atoms with Gasteiger partial charge in [0.15, 0.2) is 0 Å². The van der Waals surface area contributed by atoms with E-state index < -0.39 is 0 Å². The smallest absolute Gasteiger partial charge is 0.0270 e. The van der Waals surface area contributed by atoms with E-state index in [4.69, 9.17) is 0 Å². The van der Waals surface area contributed by atoms with Crippen LogP contribution in [0.5, 0.6) is 0 Å². The topological polar surface area (TPSA) is 12.9 Å². The summed E-state index contributed by atoms with van der Waals surface area (Å²) in [5.74, 6) is 0.873. The summed E-state index contributed by atoms with van der Waals surface area (Å²) in [6.45, 7) is 4.56. The molecule has 0 aliphatic rings. The van der Waals surface area contributed by atoms with Crippen LogP contribution in [-0.2, 0) is 6.42 Å². The van der Waals surface area contributed by atoms with Crippen LogP contribution >= 0.6 is 0 Å². The Hall–Kier alpha value is -0.850. The third-order valence-electron chi connectivity index (χ3n) is 2.94. The predicted molar refractivity (Wildman–Crippen MR) is 65.9 cm³/mol. The van der Waals surface area contributed by atoms with Gasteiger partial charge in [-0.1, -0.05) is 46.0 Å². The van der Waals surface area contributed by atoms with Gasteiger partial charge in [-0.05, 0) is 30.0 Å². The van der Waals surface area contributed by atoms with Gasteiger partial charge in [-0.15, -0.1) is 0 Å². The van der Waals surface area contributed by atoms with Crippen molar-refractivity contribution in [2.75, 3.05) is 0 Å². The first kappa shape index (κ1) is 12.2. The average Bonchev–Trinajstić information content (AvgIpc) is 2.28. The summed E-state index contributed by atoms with van der Waals surface area (Å²) in [6.07, 6.45) is 11.8. The van der Waals surface area contributed by atoms with E-state index in [1.54, 1.807) is 0 Å². The SMILES string of the molecule is CCCCC(CCC)Cc1ccncc1. The van der Waals surface area contributed by atoms with Crippen molar-refractivity contribution in [2.45, 2.75) is 52.4 Å². The van der Waals surface area contributed by atoms with Gasteiger partial charge < -0.3 is 0 Å². The van der Waals surface area contributed by atoms with Crippen molar-refractivity contribution in [3.8, 4) is 0 Å². The van der Waals surface area contributed by atoms with Crippen LogP contribution in [0.2, 0.25) is 0 Å². The van der Waals surface area contributed by atoms with E-state index >= 15 is 0 Å². The molecule has 0 spiro atoms. The second kappa shape index (κ2) is 7.44. The molecule has 1 atom stereocenters. The zero-order valence-corrected chi connectivity index (χ0v) is 10.1. The Morgan fingerprint density at radius 2 is 1.80 bits per heavy atom. The van der Waals surface area contributed by atoms with E-state index in [9.17, 15) is 0 Å². The molecule has 0 radical (unpaired) electrons. The van der Waals surface area contributed by atoms with E-state index in [0.29, 0.717) is 0 Å². The normalized spacial score (nSPS) is 12.7. The average molecular weight is 205 g/mol. The van der Waals surface area contributed by atoms with Crippen LogP contribution in [0.3, 0.4) is 0 Å². The fourth-order valence-corrected chi connectivity index (χ4v) is 2.10. The Morgan fingerprint density at radius 3 is 2.40 bits per heavy atom. The highest BCUT2D eigenvalue weighted by Gasteiger charge is 2.07. The maximum absolute atomic E-state index is 4.06. The van der Waals surface area contributed by atoms with Crippen molar-refractivity contribution in [3.05, 3.63) is 30.1 Å².